The molecule has 0 radical (unpaired) electrons. The van der Waals surface area contributed by atoms with E-state index < -0.39 is 0 Å². The van der Waals surface area contributed by atoms with E-state index in [9.17, 15) is 4.79 Å². The van der Waals surface area contributed by atoms with Crippen molar-refractivity contribution in [2.45, 2.75) is 6.42 Å². The Morgan fingerprint density at radius 2 is 2.57 bits per heavy atom. The molecule has 0 aromatic carbocycles. The van der Waals surface area contributed by atoms with Crippen LogP contribution in [0.2, 0.25) is 0 Å². The predicted molar refractivity (Wildman–Crippen MR) is 25.4 cm³/mol. The Labute approximate surface area is 42.1 Å². The highest BCUT2D eigenvalue weighted by Crippen LogP contribution is 2.03. The third kappa shape index (κ3) is 0.587. The maximum atomic E-state index is 10.3. The number of likely N-dealkylation sites (tertiary alicyclic amines) is 1. The van der Waals surface area contributed by atoms with E-state index in [0.29, 0.717) is 13.1 Å². The summed E-state index contributed by atoms with van der Waals surface area (Å²) < 4.78 is 0. The van der Waals surface area contributed by atoms with Gasteiger partial charge < -0.3 is 10.6 Å². The molecule has 40 valence electrons. The quantitative estimate of drug-likeness (QED) is 0.435. The first kappa shape index (κ1) is 4.59. The van der Waals surface area contributed by atoms with Crippen molar-refractivity contribution in [2.24, 2.45) is 5.73 Å². The molecule has 0 saturated carbocycles. The molecule has 1 fully saturated rings. The van der Waals surface area contributed by atoms with Gasteiger partial charge in [-0.2, -0.15) is 0 Å². The highest BCUT2D eigenvalue weighted by Gasteiger charge is 2.20. The summed E-state index contributed by atoms with van der Waals surface area (Å²) in [7, 11) is 0. The molecule has 0 atom stereocenters. The number of carbonyl (C=O) groups is 1. The number of hydrogen-bond acceptors (Lipinski definition) is 2. The Hall–Kier alpha value is -0.570. The van der Waals surface area contributed by atoms with E-state index >= 15 is 0 Å². The van der Waals surface area contributed by atoms with Crippen LogP contribution in [0.25, 0.3) is 0 Å². The molecular weight excluding hydrogens is 92.1 g/mol. The topological polar surface area (TPSA) is 46.3 Å². The van der Waals surface area contributed by atoms with Crippen molar-refractivity contribution in [1.82, 2.24) is 4.90 Å². The first-order valence-corrected chi connectivity index (χ1v) is 2.32. The van der Waals surface area contributed by atoms with Crippen molar-refractivity contribution in [3.63, 3.8) is 0 Å². The van der Waals surface area contributed by atoms with E-state index in [0.717, 1.165) is 6.54 Å². The van der Waals surface area contributed by atoms with Gasteiger partial charge in [0.1, 0.15) is 0 Å². The average molecular weight is 100 g/mol. The molecule has 1 aliphatic rings. The number of rotatable bonds is 1. The molecule has 1 aliphatic heterocycles. The standard InChI is InChI=1S/C4H8N2O/c5-3-6-2-1-4(6)7/h1-3,5H2. The monoisotopic (exact) mass is 100 g/mol. The van der Waals surface area contributed by atoms with Gasteiger partial charge in [-0.25, -0.2) is 0 Å². The van der Waals surface area contributed by atoms with E-state index in [4.69, 9.17) is 5.73 Å². The lowest BCUT2D eigenvalue weighted by Crippen LogP contribution is -2.46. The smallest absolute Gasteiger partial charge is 0.225 e. The molecule has 1 heterocycles. The fraction of sp³-hybridized carbons (Fsp3) is 0.750. The molecule has 2 N–H and O–H groups in total. The first-order valence-electron chi connectivity index (χ1n) is 2.32. The van der Waals surface area contributed by atoms with Crippen molar-refractivity contribution in [3.8, 4) is 0 Å². The lowest BCUT2D eigenvalue weighted by atomic mass is 10.2. The van der Waals surface area contributed by atoms with Gasteiger partial charge in [-0.3, -0.25) is 4.79 Å². The summed E-state index contributed by atoms with van der Waals surface area (Å²) in [4.78, 5) is 11.9. The predicted octanol–water partition coefficient (Wildman–Crippen LogP) is -0.865. The van der Waals surface area contributed by atoms with Crippen LogP contribution in [0.4, 0.5) is 0 Å². The van der Waals surface area contributed by atoms with Gasteiger partial charge in [0, 0.05) is 13.0 Å². The van der Waals surface area contributed by atoms with E-state index in [-0.39, 0.29) is 5.91 Å². The highest BCUT2D eigenvalue weighted by atomic mass is 16.2. The van der Waals surface area contributed by atoms with Crippen molar-refractivity contribution in [3.05, 3.63) is 0 Å². The minimum Gasteiger partial charge on any atom is -0.330 e. The number of carbonyl (C=O) groups excluding carboxylic acids is 1. The maximum absolute atomic E-state index is 10.3. The second-order valence-corrected chi connectivity index (χ2v) is 1.59. The molecule has 0 aromatic rings. The van der Waals surface area contributed by atoms with Crippen LogP contribution in [-0.4, -0.2) is 24.0 Å². The molecule has 0 unspecified atom stereocenters. The van der Waals surface area contributed by atoms with Crippen LogP contribution in [0.15, 0.2) is 0 Å². The largest absolute Gasteiger partial charge is 0.330 e. The number of nitrogens with zero attached hydrogens (tertiary/aromatic N) is 1. The van der Waals surface area contributed by atoms with Crippen LogP contribution in [-0.2, 0) is 4.79 Å². The van der Waals surface area contributed by atoms with Crippen LogP contribution in [0.3, 0.4) is 0 Å². The molecule has 0 spiro atoms. The zero-order valence-electron chi connectivity index (χ0n) is 4.05. The highest BCUT2D eigenvalue weighted by molar-refractivity contribution is 5.81. The van der Waals surface area contributed by atoms with Gasteiger partial charge in [0.2, 0.25) is 5.91 Å². The Bertz CT molecular complexity index is 89.7. The van der Waals surface area contributed by atoms with Crippen LogP contribution in [0, 0.1) is 0 Å². The SMILES string of the molecule is NCN1CCC1=O. The maximum Gasteiger partial charge on any atom is 0.225 e. The van der Waals surface area contributed by atoms with Crippen molar-refractivity contribution < 1.29 is 4.79 Å². The zero-order chi connectivity index (χ0) is 5.28. The molecule has 3 nitrogen and oxygen atoms in total. The third-order valence-corrected chi connectivity index (χ3v) is 1.17. The molecule has 1 rings (SSSR count). The number of hydrogen-bond donors (Lipinski definition) is 1. The summed E-state index contributed by atoms with van der Waals surface area (Å²) >= 11 is 0. The Kier molecular flexibility index (Phi) is 0.982. The van der Waals surface area contributed by atoms with Gasteiger partial charge in [-0.05, 0) is 0 Å². The van der Waals surface area contributed by atoms with E-state index in [1.165, 1.54) is 0 Å². The normalized spacial score (nSPS) is 19.6. The molecule has 1 saturated heterocycles. The number of β-lactam (4-membered cyclic amide) rings is 1. The van der Waals surface area contributed by atoms with Crippen LogP contribution < -0.4 is 5.73 Å². The molecule has 7 heavy (non-hydrogen) atoms. The van der Waals surface area contributed by atoms with Crippen LogP contribution in [0.5, 0.6) is 0 Å². The Morgan fingerprint density at radius 1 is 1.86 bits per heavy atom. The van der Waals surface area contributed by atoms with Gasteiger partial charge in [-0.15, -0.1) is 0 Å². The minimum atomic E-state index is 0.183. The minimum absolute atomic E-state index is 0.183. The molecule has 0 aromatic heterocycles. The van der Waals surface area contributed by atoms with E-state index in [1.807, 2.05) is 0 Å². The third-order valence-electron chi connectivity index (χ3n) is 1.17. The van der Waals surface area contributed by atoms with Crippen molar-refractivity contribution in [2.75, 3.05) is 13.2 Å². The number of amides is 1. The molecule has 1 amide bonds. The summed E-state index contributed by atoms with van der Waals surface area (Å²) in [6.07, 6.45) is 0.692. The second-order valence-electron chi connectivity index (χ2n) is 1.59. The Morgan fingerprint density at radius 3 is 2.57 bits per heavy atom. The van der Waals surface area contributed by atoms with E-state index in [2.05, 4.69) is 0 Å². The second kappa shape index (κ2) is 1.50. The summed E-state index contributed by atoms with van der Waals surface area (Å²) in [5.74, 6) is 0.183. The van der Waals surface area contributed by atoms with Gasteiger partial charge in [-0.1, -0.05) is 0 Å². The van der Waals surface area contributed by atoms with Gasteiger partial charge in [0.15, 0.2) is 0 Å². The lowest BCUT2D eigenvalue weighted by Gasteiger charge is -2.28. The summed E-state index contributed by atoms with van der Waals surface area (Å²) in [5.41, 5.74) is 5.13. The summed E-state index contributed by atoms with van der Waals surface area (Å²) in [5, 5.41) is 0. The fourth-order valence-corrected chi connectivity index (χ4v) is 0.554. The van der Waals surface area contributed by atoms with Gasteiger partial charge >= 0.3 is 0 Å². The fourth-order valence-electron chi connectivity index (χ4n) is 0.554. The van der Waals surface area contributed by atoms with Gasteiger partial charge in [0.25, 0.3) is 0 Å². The Balaban J connectivity index is 2.29. The summed E-state index contributed by atoms with van der Waals surface area (Å²) in [6, 6.07) is 0. The molecule has 0 aliphatic carbocycles. The van der Waals surface area contributed by atoms with Gasteiger partial charge in [0.05, 0.1) is 6.67 Å². The number of nitrogens with two attached hydrogens (primary N) is 1. The first-order chi connectivity index (χ1) is 3.34. The average Bonchev–Trinajstić information content (AvgIpc) is 1.65. The van der Waals surface area contributed by atoms with Crippen molar-refractivity contribution >= 4 is 5.91 Å². The molecule has 0 bridgehead atoms. The van der Waals surface area contributed by atoms with E-state index in [1.54, 1.807) is 4.90 Å². The molecule has 3 heteroatoms. The summed E-state index contributed by atoms with van der Waals surface area (Å²) in [6.45, 7) is 1.24. The van der Waals surface area contributed by atoms with Crippen LogP contribution in [0.1, 0.15) is 6.42 Å². The van der Waals surface area contributed by atoms with Crippen LogP contribution >= 0.6 is 0 Å². The lowest BCUT2D eigenvalue weighted by molar-refractivity contribution is -0.139. The van der Waals surface area contributed by atoms with Crippen molar-refractivity contribution in [1.29, 1.82) is 0 Å². The zero-order valence-corrected chi connectivity index (χ0v) is 4.05. The molecular formula is C4H8N2O.